The quantitative estimate of drug-likeness (QED) is 0.861. The minimum atomic E-state index is 0.105. The monoisotopic (exact) mass is 333 g/mol. The van der Waals surface area contributed by atoms with Crippen molar-refractivity contribution in [2.75, 3.05) is 0 Å². The number of halogens is 1. The lowest BCUT2D eigenvalue weighted by Crippen LogP contribution is -2.18. The third-order valence-electron chi connectivity index (χ3n) is 3.14. The van der Waals surface area contributed by atoms with Crippen LogP contribution in [0.25, 0.3) is 0 Å². The Hall–Kier alpha value is -1.32. The fraction of sp³-hybridized carbons (Fsp3) is 0.294. The van der Waals surface area contributed by atoms with Gasteiger partial charge in [0, 0.05) is 10.5 Å². The summed E-state index contributed by atoms with van der Waals surface area (Å²) in [5.41, 5.74) is 8.26. The van der Waals surface area contributed by atoms with Crippen LogP contribution < -0.4 is 10.5 Å². The van der Waals surface area contributed by atoms with Crippen LogP contribution in [0.15, 0.2) is 46.9 Å². The summed E-state index contributed by atoms with van der Waals surface area (Å²) in [6.07, 6.45) is 1.75. The van der Waals surface area contributed by atoms with Crippen molar-refractivity contribution in [3.8, 4) is 11.5 Å². The zero-order chi connectivity index (χ0) is 14.5. The highest BCUT2D eigenvalue weighted by Crippen LogP contribution is 2.31. The first-order chi connectivity index (χ1) is 9.60. The largest absolute Gasteiger partial charge is 0.457 e. The summed E-state index contributed by atoms with van der Waals surface area (Å²) >= 11 is 3.50. The smallest absolute Gasteiger partial charge is 0.130 e. The Morgan fingerprint density at radius 3 is 2.50 bits per heavy atom. The molecular weight excluding hydrogens is 314 g/mol. The number of benzene rings is 2. The molecule has 0 aliphatic carbocycles. The van der Waals surface area contributed by atoms with Crippen LogP contribution in [0.4, 0.5) is 0 Å². The first kappa shape index (κ1) is 15.1. The molecule has 0 bridgehead atoms. The highest BCUT2D eigenvalue weighted by molar-refractivity contribution is 9.10. The fourth-order valence-electron chi connectivity index (χ4n) is 2.17. The molecule has 0 radical (unpaired) electrons. The van der Waals surface area contributed by atoms with Crippen LogP contribution in [-0.4, -0.2) is 6.04 Å². The first-order valence-electron chi connectivity index (χ1n) is 6.90. The summed E-state index contributed by atoms with van der Waals surface area (Å²) < 4.78 is 7.16. The predicted octanol–water partition coefficient (Wildman–Crippen LogP) is 4.69. The zero-order valence-electron chi connectivity index (χ0n) is 11.9. The number of para-hydroxylation sites is 1. The number of nitrogens with two attached hydrogens (primary N) is 1. The number of rotatable bonds is 5. The van der Waals surface area contributed by atoms with Gasteiger partial charge in [-0.2, -0.15) is 0 Å². The van der Waals surface area contributed by atoms with Crippen LogP contribution in [0.1, 0.15) is 25.0 Å². The molecule has 2 aromatic rings. The van der Waals surface area contributed by atoms with Crippen LogP contribution >= 0.6 is 15.9 Å². The van der Waals surface area contributed by atoms with Crippen molar-refractivity contribution in [1.29, 1.82) is 0 Å². The lowest BCUT2D eigenvalue weighted by Gasteiger charge is -2.15. The third kappa shape index (κ3) is 3.84. The van der Waals surface area contributed by atoms with Crippen LogP contribution in [0.5, 0.6) is 11.5 Å². The van der Waals surface area contributed by atoms with Gasteiger partial charge in [0.25, 0.3) is 0 Å². The molecule has 1 unspecified atom stereocenters. The molecule has 0 saturated heterocycles. The summed E-state index contributed by atoms with van der Waals surface area (Å²) in [7, 11) is 0. The molecule has 0 fully saturated rings. The van der Waals surface area contributed by atoms with Crippen molar-refractivity contribution in [3.63, 3.8) is 0 Å². The van der Waals surface area contributed by atoms with Crippen LogP contribution in [0, 0.1) is 0 Å². The maximum absolute atomic E-state index is 6.11. The van der Waals surface area contributed by atoms with Crippen LogP contribution in [0.2, 0.25) is 0 Å². The molecule has 0 amide bonds. The molecule has 0 spiro atoms. The summed E-state index contributed by atoms with van der Waals surface area (Å²) in [5, 5.41) is 0. The van der Waals surface area contributed by atoms with Crippen molar-refractivity contribution >= 4 is 15.9 Å². The van der Waals surface area contributed by atoms with Crippen molar-refractivity contribution in [2.24, 2.45) is 5.73 Å². The Morgan fingerprint density at radius 1 is 1.10 bits per heavy atom. The molecule has 0 aliphatic heterocycles. The number of aryl methyl sites for hydroxylation is 1. The van der Waals surface area contributed by atoms with Crippen molar-refractivity contribution in [2.45, 2.75) is 32.7 Å². The second-order valence-corrected chi connectivity index (χ2v) is 5.91. The lowest BCUT2D eigenvalue weighted by atomic mass is 10.1. The molecule has 2 nitrogen and oxygen atoms in total. The molecular formula is C17H20BrNO. The third-order valence-corrected chi connectivity index (χ3v) is 3.63. The van der Waals surface area contributed by atoms with Gasteiger partial charge in [0.1, 0.15) is 11.5 Å². The number of hydrogen-bond acceptors (Lipinski definition) is 2. The Balaban J connectivity index is 2.33. The predicted molar refractivity (Wildman–Crippen MR) is 87.4 cm³/mol. The van der Waals surface area contributed by atoms with Gasteiger partial charge in [-0.1, -0.05) is 41.1 Å². The molecule has 0 aliphatic rings. The van der Waals surface area contributed by atoms with Gasteiger partial charge in [0.15, 0.2) is 0 Å². The van der Waals surface area contributed by atoms with E-state index in [2.05, 4.69) is 35.0 Å². The molecule has 2 rings (SSSR count). The second kappa shape index (κ2) is 6.91. The maximum atomic E-state index is 6.11. The highest BCUT2D eigenvalue weighted by atomic mass is 79.9. The molecule has 2 N–H and O–H groups in total. The average Bonchev–Trinajstić information content (AvgIpc) is 2.42. The molecule has 2 aromatic carbocycles. The second-order valence-electron chi connectivity index (χ2n) is 5.00. The SMILES string of the molecule is CCc1ccccc1Oc1ccc(Br)cc1CC(C)N. The van der Waals surface area contributed by atoms with E-state index >= 15 is 0 Å². The van der Waals surface area contributed by atoms with Crippen LogP contribution in [0.3, 0.4) is 0 Å². The average molecular weight is 334 g/mol. The maximum Gasteiger partial charge on any atom is 0.130 e. The summed E-state index contributed by atoms with van der Waals surface area (Å²) in [5.74, 6) is 1.80. The molecule has 1 atom stereocenters. The van der Waals surface area contributed by atoms with Crippen molar-refractivity contribution in [3.05, 3.63) is 58.1 Å². The van der Waals surface area contributed by atoms with Gasteiger partial charge in [0.2, 0.25) is 0 Å². The van der Waals surface area contributed by atoms with E-state index < -0.39 is 0 Å². The van der Waals surface area contributed by atoms with Gasteiger partial charge in [-0.25, -0.2) is 0 Å². The Labute approximate surface area is 129 Å². The molecule has 3 heteroatoms. The van der Waals surface area contributed by atoms with Gasteiger partial charge in [0.05, 0.1) is 0 Å². The summed E-state index contributed by atoms with van der Waals surface area (Å²) in [4.78, 5) is 0. The molecule has 0 aromatic heterocycles. The molecule has 0 heterocycles. The van der Waals surface area contributed by atoms with Crippen LogP contribution in [-0.2, 0) is 12.8 Å². The van der Waals surface area contributed by atoms with E-state index in [1.54, 1.807) is 0 Å². The van der Waals surface area contributed by atoms with E-state index in [4.69, 9.17) is 10.5 Å². The van der Waals surface area contributed by atoms with Crippen molar-refractivity contribution < 1.29 is 4.74 Å². The van der Waals surface area contributed by atoms with Crippen molar-refractivity contribution in [1.82, 2.24) is 0 Å². The van der Waals surface area contributed by atoms with E-state index in [1.807, 2.05) is 37.3 Å². The fourth-order valence-corrected chi connectivity index (χ4v) is 2.58. The van der Waals surface area contributed by atoms with Gasteiger partial charge in [-0.15, -0.1) is 0 Å². The number of ether oxygens (including phenoxy) is 1. The summed E-state index contributed by atoms with van der Waals surface area (Å²) in [6, 6.07) is 14.3. The highest BCUT2D eigenvalue weighted by Gasteiger charge is 2.10. The lowest BCUT2D eigenvalue weighted by molar-refractivity contribution is 0.468. The Morgan fingerprint density at radius 2 is 1.80 bits per heavy atom. The molecule has 0 saturated carbocycles. The Bertz CT molecular complexity index is 581. The van der Waals surface area contributed by atoms with Gasteiger partial charge in [-0.05, 0) is 55.2 Å². The summed E-state index contributed by atoms with van der Waals surface area (Å²) in [6.45, 7) is 4.14. The van der Waals surface area contributed by atoms with E-state index in [0.717, 1.165) is 34.4 Å². The first-order valence-corrected chi connectivity index (χ1v) is 7.69. The van der Waals surface area contributed by atoms with E-state index in [9.17, 15) is 0 Å². The van der Waals surface area contributed by atoms with Gasteiger partial charge in [-0.3, -0.25) is 0 Å². The Kier molecular flexibility index (Phi) is 5.21. The standard InChI is InChI=1S/C17H20BrNO/c1-3-13-6-4-5-7-16(13)20-17-9-8-15(18)11-14(17)10-12(2)19/h4-9,11-12H,3,10,19H2,1-2H3. The topological polar surface area (TPSA) is 35.2 Å². The normalized spacial score (nSPS) is 12.2. The minimum absolute atomic E-state index is 0.105. The zero-order valence-corrected chi connectivity index (χ0v) is 13.5. The molecule has 20 heavy (non-hydrogen) atoms. The van der Waals surface area contributed by atoms with E-state index in [-0.39, 0.29) is 6.04 Å². The number of hydrogen-bond donors (Lipinski definition) is 1. The van der Waals surface area contributed by atoms with E-state index in [1.165, 1.54) is 5.56 Å². The molecule has 106 valence electrons. The van der Waals surface area contributed by atoms with Gasteiger partial charge >= 0.3 is 0 Å². The minimum Gasteiger partial charge on any atom is -0.457 e. The van der Waals surface area contributed by atoms with E-state index in [0.29, 0.717) is 0 Å². The van der Waals surface area contributed by atoms with Gasteiger partial charge < -0.3 is 10.5 Å².